The number of aromatic amines is 1. The number of carbonyl (C=O) groups excluding carboxylic acids is 1. The van der Waals surface area contributed by atoms with E-state index >= 15 is 0 Å². The van der Waals surface area contributed by atoms with Crippen LogP contribution in [-0.4, -0.2) is 32.2 Å². The van der Waals surface area contributed by atoms with E-state index in [0.717, 1.165) is 17.8 Å². The van der Waals surface area contributed by atoms with Crippen molar-refractivity contribution in [2.75, 3.05) is 6.54 Å². The molecule has 2 fully saturated rings. The van der Waals surface area contributed by atoms with Crippen molar-refractivity contribution in [2.24, 2.45) is 5.92 Å². The quantitative estimate of drug-likeness (QED) is 0.796. The fourth-order valence-electron chi connectivity index (χ4n) is 3.07. The number of hydrogen-bond acceptors (Lipinski definition) is 4. The first-order valence-electron chi connectivity index (χ1n) is 8.07. The highest BCUT2D eigenvalue weighted by molar-refractivity contribution is 7.71. The van der Waals surface area contributed by atoms with Gasteiger partial charge in [-0.25, -0.2) is 0 Å². The van der Waals surface area contributed by atoms with Gasteiger partial charge in [-0.3, -0.25) is 14.9 Å². The predicted octanol–water partition coefficient (Wildman–Crippen LogP) is 2.13. The molecule has 7 heteroatoms. The Bertz CT molecular complexity index is 764. The van der Waals surface area contributed by atoms with Gasteiger partial charge in [0.25, 0.3) is 0 Å². The molecule has 2 saturated carbocycles. The zero-order chi connectivity index (χ0) is 15.8. The summed E-state index contributed by atoms with van der Waals surface area (Å²) in [5.41, 5.74) is 1.15. The predicted molar refractivity (Wildman–Crippen MR) is 87.5 cm³/mol. The largest absolute Gasteiger partial charge is 0.354 e. The molecule has 23 heavy (non-hydrogen) atoms. The van der Waals surface area contributed by atoms with Crippen molar-refractivity contribution in [3.05, 3.63) is 40.7 Å². The van der Waals surface area contributed by atoms with E-state index in [1.165, 1.54) is 12.8 Å². The maximum Gasteiger partial charge on any atom is 0.223 e. The molecule has 2 aromatic rings. The van der Waals surface area contributed by atoms with Crippen LogP contribution < -0.4 is 5.32 Å². The second kappa shape index (κ2) is 5.88. The van der Waals surface area contributed by atoms with Gasteiger partial charge >= 0.3 is 0 Å². The highest BCUT2D eigenvalue weighted by Gasteiger charge is 2.43. The van der Waals surface area contributed by atoms with Crippen molar-refractivity contribution in [3.63, 3.8) is 0 Å². The number of hydrogen-bond donors (Lipinski definition) is 2. The van der Waals surface area contributed by atoms with Gasteiger partial charge in [0.05, 0.1) is 0 Å². The van der Waals surface area contributed by atoms with Crippen LogP contribution in [0.1, 0.15) is 42.5 Å². The van der Waals surface area contributed by atoms with E-state index in [1.807, 2.05) is 22.9 Å². The van der Waals surface area contributed by atoms with Crippen molar-refractivity contribution < 1.29 is 4.79 Å². The van der Waals surface area contributed by atoms with Gasteiger partial charge < -0.3 is 9.88 Å². The molecule has 2 aliphatic carbocycles. The van der Waals surface area contributed by atoms with Gasteiger partial charge in [-0.1, -0.05) is 6.07 Å². The van der Waals surface area contributed by atoms with E-state index in [0.29, 0.717) is 29.7 Å². The third-order valence-electron chi connectivity index (χ3n) is 4.60. The summed E-state index contributed by atoms with van der Waals surface area (Å²) in [6.07, 6.45) is 6.88. The number of carbonyl (C=O) groups is 1. The molecule has 2 aliphatic rings. The molecular weight excluding hydrogens is 310 g/mol. The van der Waals surface area contributed by atoms with Crippen LogP contribution >= 0.6 is 12.2 Å². The molecule has 2 heterocycles. The van der Waals surface area contributed by atoms with E-state index < -0.39 is 0 Å². The second-order valence-electron chi connectivity index (χ2n) is 6.34. The lowest BCUT2D eigenvalue weighted by atomic mass is 10.1. The monoisotopic (exact) mass is 329 g/mol. The van der Waals surface area contributed by atoms with Crippen molar-refractivity contribution in [1.29, 1.82) is 0 Å². The molecule has 0 unspecified atom stereocenters. The first-order valence-corrected chi connectivity index (χ1v) is 8.47. The van der Waals surface area contributed by atoms with Gasteiger partial charge in [0, 0.05) is 37.3 Å². The lowest BCUT2D eigenvalue weighted by molar-refractivity contribution is -0.122. The maximum absolute atomic E-state index is 12.2. The standard InChI is InChI=1S/C16H19N5OS/c22-15(13-8-12(13)11-2-1-5-17-9-11)18-6-7-21-14(10-3-4-10)19-20-16(21)23/h1-2,5,9-10,12-13H,3-4,6-8H2,(H,18,22)(H,20,23)/t12-,13-/m0/s1. The SMILES string of the molecule is O=C(NCCn1c(C2CC2)n[nH]c1=S)[C@H]1C[C@H]1c1cccnc1. The number of H-pyrrole nitrogens is 1. The van der Waals surface area contributed by atoms with E-state index in [1.54, 1.807) is 6.20 Å². The Balaban J connectivity index is 1.30. The third-order valence-corrected chi connectivity index (χ3v) is 4.92. The summed E-state index contributed by atoms with van der Waals surface area (Å²) in [7, 11) is 0. The molecule has 120 valence electrons. The maximum atomic E-state index is 12.2. The average molecular weight is 329 g/mol. The molecule has 2 atom stereocenters. The highest BCUT2D eigenvalue weighted by atomic mass is 32.1. The Morgan fingerprint density at radius 2 is 2.35 bits per heavy atom. The summed E-state index contributed by atoms with van der Waals surface area (Å²) in [4.78, 5) is 16.4. The number of nitrogens with one attached hydrogen (secondary N) is 2. The summed E-state index contributed by atoms with van der Waals surface area (Å²) in [6.45, 7) is 1.26. The van der Waals surface area contributed by atoms with Gasteiger partial charge in [0.15, 0.2) is 4.77 Å². The molecule has 1 amide bonds. The number of pyridine rings is 1. The summed E-state index contributed by atoms with van der Waals surface area (Å²) < 4.78 is 2.65. The van der Waals surface area contributed by atoms with E-state index in [2.05, 4.69) is 20.5 Å². The summed E-state index contributed by atoms with van der Waals surface area (Å²) in [5, 5.41) is 10.2. The van der Waals surface area contributed by atoms with Gasteiger partial charge in [-0.15, -0.1) is 0 Å². The number of nitrogens with zero attached hydrogens (tertiary/aromatic N) is 3. The molecule has 0 bridgehead atoms. The third kappa shape index (κ3) is 3.06. The molecule has 0 spiro atoms. The molecule has 4 rings (SSSR count). The van der Waals surface area contributed by atoms with Gasteiger partial charge in [0.1, 0.15) is 5.82 Å². The van der Waals surface area contributed by atoms with Gasteiger partial charge in [-0.05, 0) is 49.0 Å². The van der Waals surface area contributed by atoms with Crippen LogP contribution in [0.15, 0.2) is 24.5 Å². The van der Waals surface area contributed by atoms with Crippen molar-refractivity contribution in [3.8, 4) is 0 Å². The summed E-state index contributed by atoms with van der Waals surface area (Å²) in [6, 6.07) is 3.96. The smallest absolute Gasteiger partial charge is 0.223 e. The zero-order valence-electron chi connectivity index (χ0n) is 12.7. The molecule has 0 aliphatic heterocycles. The minimum atomic E-state index is 0.0828. The highest BCUT2D eigenvalue weighted by Crippen LogP contribution is 2.47. The number of aromatic nitrogens is 4. The van der Waals surface area contributed by atoms with E-state index in [4.69, 9.17) is 12.2 Å². The molecular formula is C16H19N5OS. The van der Waals surface area contributed by atoms with E-state index in [-0.39, 0.29) is 11.8 Å². The first-order chi connectivity index (χ1) is 11.2. The number of amides is 1. The van der Waals surface area contributed by atoms with Crippen LogP contribution in [0.2, 0.25) is 0 Å². The molecule has 0 radical (unpaired) electrons. The normalized spacial score (nSPS) is 22.8. The van der Waals surface area contributed by atoms with Crippen LogP contribution in [0.5, 0.6) is 0 Å². The lowest BCUT2D eigenvalue weighted by Gasteiger charge is -2.08. The van der Waals surface area contributed by atoms with Crippen LogP contribution in [-0.2, 0) is 11.3 Å². The van der Waals surface area contributed by atoms with Crippen LogP contribution in [0.4, 0.5) is 0 Å². The molecule has 6 nitrogen and oxygen atoms in total. The van der Waals surface area contributed by atoms with Gasteiger partial charge in [-0.2, -0.15) is 5.10 Å². The fraction of sp³-hybridized carbons (Fsp3) is 0.500. The minimum absolute atomic E-state index is 0.0828. The van der Waals surface area contributed by atoms with Gasteiger partial charge in [0.2, 0.25) is 5.91 Å². The summed E-state index contributed by atoms with van der Waals surface area (Å²) >= 11 is 5.27. The first kappa shape index (κ1) is 14.6. The number of rotatable bonds is 6. The van der Waals surface area contributed by atoms with Crippen molar-refractivity contribution >= 4 is 18.1 Å². The Kier molecular flexibility index (Phi) is 3.72. The van der Waals surface area contributed by atoms with Crippen LogP contribution in [0.25, 0.3) is 0 Å². The van der Waals surface area contributed by atoms with Crippen molar-refractivity contribution in [2.45, 2.75) is 37.6 Å². The Labute approximate surface area is 139 Å². The zero-order valence-corrected chi connectivity index (χ0v) is 13.6. The second-order valence-corrected chi connectivity index (χ2v) is 6.73. The van der Waals surface area contributed by atoms with Crippen LogP contribution in [0, 0.1) is 10.7 Å². The molecule has 0 saturated heterocycles. The summed E-state index contributed by atoms with van der Waals surface area (Å²) in [5.74, 6) is 2.10. The Morgan fingerprint density at radius 3 is 3.09 bits per heavy atom. The van der Waals surface area contributed by atoms with Crippen LogP contribution in [0.3, 0.4) is 0 Å². The fourth-order valence-corrected chi connectivity index (χ4v) is 3.30. The van der Waals surface area contributed by atoms with E-state index in [9.17, 15) is 4.79 Å². The Hall–Kier alpha value is -2.02. The molecule has 0 aromatic carbocycles. The Morgan fingerprint density at radius 1 is 1.48 bits per heavy atom. The average Bonchev–Trinajstić information content (AvgIpc) is 3.47. The molecule has 2 aromatic heterocycles. The lowest BCUT2D eigenvalue weighted by Crippen LogP contribution is -2.29. The van der Waals surface area contributed by atoms with Crippen molar-refractivity contribution in [1.82, 2.24) is 25.1 Å². The minimum Gasteiger partial charge on any atom is -0.354 e. The topological polar surface area (TPSA) is 75.6 Å². The molecule has 2 N–H and O–H groups in total.